The lowest BCUT2D eigenvalue weighted by Crippen LogP contribution is -2.22. The Morgan fingerprint density at radius 2 is 1.95 bits per heavy atom. The summed E-state index contributed by atoms with van der Waals surface area (Å²) in [7, 11) is 1.63. The second-order valence-corrected chi connectivity index (χ2v) is 5.28. The second kappa shape index (κ2) is 6.98. The van der Waals surface area contributed by atoms with Crippen molar-refractivity contribution in [2.24, 2.45) is 0 Å². The van der Waals surface area contributed by atoms with Gasteiger partial charge in [-0.25, -0.2) is 0 Å². The highest BCUT2D eigenvalue weighted by Crippen LogP contribution is 2.32. The van der Waals surface area contributed by atoms with Crippen molar-refractivity contribution in [2.45, 2.75) is 13.0 Å². The first-order valence-electron chi connectivity index (χ1n) is 6.48. The maximum Gasteiger partial charge on any atom is 0.120 e. The maximum atomic E-state index is 6.38. The normalized spacial score (nSPS) is 12.2. The van der Waals surface area contributed by atoms with Crippen molar-refractivity contribution in [3.8, 4) is 5.75 Å². The van der Waals surface area contributed by atoms with E-state index >= 15 is 0 Å². The number of rotatable bonds is 5. The van der Waals surface area contributed by atoms with Crippen molar-refractivity contribution < 1.29 is 4.74 Å². The number of benzene rings is 2. The van der Waals surface area contributed by atoms with Gasteiger partial charge in [-0.3, -0.25) is 0 Å². The summed E-state index contributed by atoms with van der Waals surface area (Å²) < 4.78 is 5.19. The zero-order valence-corrected chi connectivity index (χ0v) is 13.0. The highest BCUT2D eigenvalue weighted by atomic mass is 35.5. The first-order chi connectivity index (χ1) is 9.65. The Hall–Kier alpha value is -1.22. The lowest BCUT2D eigenvalue weighted by atomic mass is 9.98. The van der Waals surface area contributed by atoms with Crippen LogP contribution in [0.2, 0.25) is 10.0 Å². The fourth-order valence-corrected chi connectivity index (χ4v) is 2.64. The maximum absolute atomic E-state index is 6.38. The monoisotopic (exact) mass is 309 g/mol. The minimum atomic E-state index is 0.0112. The molecule has 0 aliphatic rings. The van der Waals surface area contributed by atoms with E-state index in [2.05, 4.69) is 12.2 Å². The molecule has 0 aliphatic carbocycles. The van der Waals surface area contributed by atoms with Gasteiger partial charge in [0.2, 0.25) is 0 Å². The molecular weight excluding hydrogens is 293 g/mol. The van der Waals surface area contributed by atoms with Gasteiger partial charge in [-0.1, -0.05) is 48.3 Å². The smallest absolute Gasteiger partial charge is 0.120 e. The minimum absolute atomic E-state index is 0.0112. The lowest BCUT2D eigenvalue weighted by molar-refractivity contribution is 0.414. The number of hydrogen-bond acceptors (Lipinski definition) is 2. The van der Waals surface area contributed by atoms with E-state index in [1.54, 1.807) is 7.11 Å². The van der Waals surface area contributed by atoms with Crippen molar-refractivity contribution in [2.75, 3.05) is 13.7 Å². The molecule has 0 radical (unpaired) electrons. The Balaban J connectivity index is 2.43. The van der Waals surface area contributed by atoms with E-state index in [1.165, 1.54) is 0 Å². The molecular formula is C16H17Cl2NO. The predicted octanol–water partition coefficient (Wildman–Crippen LogP) is 4.70. The predicted molar refractivity (Wildman–Crippen MR) is 85.0 cm³/mol. The standard InChI is InChI=1S/C16H17Cl2NO/c1-3-19-16(11-5-4-6-12(17)9-11)14-8-7-13(20-2)10-15(14)18/h4-10,16,19H,3H2,1-2H3. The molecule has 20 heavy (non-hydrogen) atoms. The molecule has 4 heteroatoms. The lowest BCUT2D eigenvalue weighted by Gasteiger charge is -2.20. The molecule has 0 heterocycles. The second-order valence-electron chi connectivity index (χ2n) is 4.43. The van der Waals surface area contributed by atoms with Crippen LogP contribution in [0.1, 0.15) is 24.1 Å². The molecule has 1 atom stereocenters. The summed E-state index contributed by atoms with van der Waals surface area (Å²) in [6, 6.07) is 13.5. The average molecular weight is 310 g/mol. The summed E-state index contributed by atoms with van der Waals surface area (Å²) in [5.74, 6) is 0.750. The third-order valence-corrected chi connectivity index (χ3v) is 3.67. The zero-order chi connectivity index (χ0) is 14.5. The molecule has 2 aromatic carbocycles. The van der Waals surface area contributed by atoms with Crippen LogP contribution in [0.4, 0.5) is 0 Å². The fraction of sp³-hybridized carbons (Fsp3) is 0.250. The highest BCUT2D eigenvalue weighted by Gasteiger charge is 2.16. The molecule has 0 fully saturated rings. The molecule has 2 rings (SSSR count). The number of methoxy groups -OCH3 is 1. The number of halogens is 2. The molecule has 1 N–H and O–H groups in total. The number of hydrogen-bond donors (Lipinski definition) is 1. The van der Waals surface area contributed by atoms with Crippen LogP contribution < -0.4 is 10.1 Å². The summed E-state index contributed by atoms with van der Waals surface area (Å²) in [4.78, 5) is 0. The molecule has 0 spiro atoms. The van der Waals surface area contributed by atoms with Gasteiger partial charge in [-0.15, -0.1) is 0 Å². The van der Waals surface area contributed by atoms with Gasteiger partial charge in [0.05, 0.1) is 13.2 Å². The van der Waals surface area contributed by atoms with Gasteiger partial charge < -0.3 is 10.1 Å². The van der Waals surface area contributed by atoms with E-state index in [4.69, 9.17) is 27.9 Å². The Labute approximate surface area is 129 Å². The SMILES string of the molecule is CCNC(c1cccc(Cl)c1)c1ccc(OC)cc1Cl. The summed E-state index contributed by atoms with van der Waals surface area (Å²) in [5, 5.41) is 4.83. The van der Waals surface area contributed by atoms with E-state index in [1.807, 2.05) is 42.5 Å². The van der Waals surface area contributed by atoms with E-state index in [9.17, 15) is 0 Å². The molecule has 0 aromatic heterocycles. The van der Waals surface area contributed by atoms with Gasteiger partial charge in [-0.2, -0.15) is 0 Å². The quantitative estimate of drug-likeness (QED) is 0.864. The average Bonchev–Trinajstić information content (AvgIpc) is 2.45. The Bertz CT molecular complexity index is 586. The fourth-order valence-electron chi connectivity index (χ4n) is 2.17. The van der Waals surface area contributed by atoms with Crippen LogP contribution in [-0.4, -0.2) is 13.7 Å². The molecule has 1 unspecified atom stereocenters. The number of nitrogens with one attached hydrogen (secondary N) is 1. The van der Waals surface area contributed by atoms with Crippen LogP contribution in [0.15, 0.2) is 42.5 Å². The van der Waals surface area contributed by atoms with Crippen LogP contribution in [0, 0.1) is 0 Å². The van der Waals surface area contributed by atoms with Crippen molar-refractivity contribution in [3.63, 3.8) is 0 Å². The van der Waals surface area contributed by atoms with E-state index < -0.39 is 0 Å². The first-order valence-corrected chi connectivity index (χ1v) is 7.23. The molecule has 2 aromatic rings. The van der Waals surface area contributed by atoms with Crippen molar-refractivity contribution in [3.05, 3.63) is 63.6 Å². The van der Waals surface area contributed by atoms with Crippen LogP contribution in [0.5, 0.6) is 5.75 Å². The van der Waals surface area contributed by atoms with Crippen molar-refractivity contribution in [1.29, 1.82) is 0 Å². The highest BCUT2D eigenvalue weighted by molar-refractivity contribution is 6.31. The van der Waals surface area contributed by atoms with E-state index in [0.717, 1.165) is 28.4 Å². The molecule has 0 bridgehead atoms. The third-order valence-electron chi connectivity index (χ3n) is 3.11. The van der Waals surface area contributed by atoms with Gasteiger partial charge in [0.1, 0.15) is 5.75 Å². The topological polar surface area (TPSA) is 21.3 Å². The van der Waals surface area contributed by atoms with E-state index in [0.29, 0.717) is 5.02 Å². The van der Waals surface area contributed by atoms with Gasteiger partial charge in [0.25, 0.3) is 0 Å². The van der Waals surface area contributed by atoms with Crippen LogP contribution in [0.25, 0.3) is 0 Å². The molecule has 0 amide bonds. The molecule has 2 nitrogen and oxygen atoms in total. The summed E-state index contributed by atoms with van der Waals surface area (Å²) in [6.07, 6.45) is 0. The molecule has 0 saturated carbocycles. The number of ether oxygens (including phenoxy) is 1. The molecule has 0 aliphatic heterocycles. The Kier molecular flexibility index (Phi) is 5.30. The van der Waals surface area contributed by atoms with Crippen molar-refractivity contribution >= 4 is 23.2 Å². The van der Waals surface area contributed by atoms with Crippen LogP contribution >= 0.6 is 23.2 Å². The van der Waals surface area contributed by atoms with Gasteiger partial charge in [0, 0.05) is 10.0 Å². The first kappa shape index (κ1) is 15.2. The van der Waals surface area contributed by atoms with E-state index in [-0.39, 0.29) is 6.04 Å². The molecule has 0 saturated heterocycles. The van der Waals surface area contributed by atoms with Crippen LogP contribution in [0.3, 0.4) is 0 Å². The molecule has 106 valence electrons. The van der Waals surface area contributed by atoms with Crippen molar-refractivity contribution in [1.82, 2.24) is 5.32 Å². The Morgan fingerprint density at radius 1 is 1.15 bits per heavy atom. The van der Waals surface area contributed by atoms with Crippen LogP contribution in [-0.2, 0) is 0 Å². The third kappa shape index (κ3) is 3.45. The Morgan fingerprint density at radius 3 is 2.55 bits per heavy atom. The minimum Gasteiger partial charge on any atom is -0.497 e. The summed E-state index contributed by atoms with van der Waals surface area (Å²) >= 11 is 12.5. The largest absolute Gasteiger partial charge is 0.497 e. The van der Waals surface area contributed by atoms with Gasteiger partial charge in [0.15, 0.2) is 0 Å². The summed E-state index contributed by atoms with van der Waals surface area (Å²) in [5.41, 5.74) is 2.10. The van der Waals surface area contributed by atoms with Gasteiger partial charge in [-0.05, 0) is 41.9 Å². The zero-order valence-electron chi connectivity index (χ0n) is 11.5. The van der Waals surface area contributed by atoms with Gasteiger partial charge >= 0.3 is 0 Å². The summed E-state index contributed by atoms with van der Waals surface area (Å²) in [6.45, 7) is 2.90.